The number of anilines is 1. The first-order chi connectivity index (χ1) is 9.85. The highest BCUT2D eigenvalue weighted by atomic mass is 19.4. The molecular weight excluding hydrogens is 285 g/mol. The summed E-state index contributed by atoms with van der Waals surface area (Å²) in [5.41, 5.74) is 6.22. The summed E-state index contributed by atoms with van der Waals surface area (Å²) in [4.78, 5) is 11.5. The summed E-state index contributed by atoms with van der Waals surface area (Å²) in [5, 5.41) is 6.37. The molecule has 0 spiro atoms. The number of carbonyl (C=O) groups is 1. The van der Waals surface area contributed by atoms with Gasteiger partial charge in [0.05, 0.1) is 11.9 Å². The Hall–Kier alpha value is -2.51. The van der Waals surface area contributed by atoms with Crippen LogP contribution in [-0.2, 0) is 11.3 Å². The fraction of sp³-hybridized carbons (Fsp3) is 0.231. The second-order valence-electron chi connectivity index (χ2n) is 4.43. The van der Waals surface area contributed by atoms with Crippen molar-refractivity contribution >= 4 is 11.6 Å². The number of carbonyl (C=O) groups excluding carboxylic acids is 1. The Morgan fingerprint density at radius 3 is 2.57 bits per heavy atom. The number of alkyl halides is 3. The van der Waals surface area contributed by atoms with Gasteiger partial charge in [-0.15, -0.1) is 0 Å². The Morgan fingerprint density at radius 2 is 2.00 bits per heavy atom. The second-order valence-corrected chi connectivity index (χ2v) is 4.43. The van der Waals surface area contributed by atoms with Crippen LogP contribution >= 0.6 is 0 Å². The molecule has 0 aliphatic heterocycles. The van der Waals surface area contributed by atoms with Crippen molar-refractivity contribution in [2.45, 2.75) is 18.8 Å². The molecule has 0 saturated heterocycles. The van der Waals surface area contributed by atoms with Crippen LogP contribution in [-0.4, -0.2) is 21.9 Å². The topological polar surface area (TPSA) is 72.9 Å². The third-order valence-electron chi connectivity index (χ3n) is 2.70. The average Bonchev–Trinajstić information content (AvgIpc) is 2.81. The summed E-state index contributed by atoms with van der Waals surface area (Å²) in [5.74, 6) is -0.634. The molecule has 0 radical (unpaired) electrons. The number of hydrogen-bond donors (Lipinski definition) is 2. The Balaban J connectivity index is 2.13. The van der Waals surface area contributed by atoms with E-state index in [0.29, 0.717) is 5.56 Å². The van der Waals surface area contributed by atoms with Gasteiger partial charge < -0.3 is 11.1 Å². The number of benzene rings is 1. The molecule has 1 amide bonds. The maximum atomic E-state index is 12.3. The van der Waals surface area contributed by atoms with Crippen LogP contribution in [0.2, 0.25) is 0 Å². The number of nitrogens with two attached hydrogens (primary N) is 1. The Labute approximate surface area is 118 Å². The average molecular weight is 298 g/mol. The van der Waals surface area contributed by atoms with Crippen molar-refractivity contribution in [3.63, 3.8) is 0 Å². The van der Waals surface area contributed by atoms with E-state index in [1.54, 1.807) is 30.3 Å². The SMILES string of the molecule is NC(=O)C(Nc1cnn(CC(F)(F)F)c1)c1ccccc1. The van der Waals surface area contributed by atoms with Crippen molar-refractivity contribution in [1.29, 1.82) is 0 Å². The number of amides is 1. The monoisotopic (exact) mass is 298 g/mol. The lowest BCUT2D eigenvalue weighted by atomic mass is 10.1. The molecule has 2 rings (SSSR count). The molecule has 0 bridgehead atoms. The number of aromatic nitrogens is 2. The molecule has 112 valence electrons. The van der Waals surface area contributed by atoms with E-state index in [-0.39, 0.29) is 5.69 Å². The molecule has 1 aromatic heterocycles. The quantitative estimate of drug-likeness (QED) is 0.887. The lowest BCUT2D eigenvalue weighted by Crippen LogP contribution is -2.27. The molecule has 0 aliphatic carbocycles. The van der Waals surface area contributed by atoms with Crippen molar-refractivity contribution in [2.24, 2.45) is 5.73 Å². The van der Waals surface area contributed by atoms with Crippen molar-refractivity contribution in [3.05, 3.63) is 48.3 Å². The van der Waals surface area contributed by atoms with E-state index in [2.05, 4.69) is 10.4 Å². The van der Waals surface area contributed by atoms with E-state index in [4.69, 9.17) is 5.73 Å². The zero-order valence-electron chi connectivity index (χ0n) is 10.8. The summed E-state index contributed by atoms with van der Waals surface area (Å²) in [6, 6.07) is 7.81. The van der Waals surface area contributed by atoms with E-state index >= 15 is 0 Å². The Kier molecular flexibility index (Phi) is 4.15. The lowest BCUT2D eigenvalue weighted by Gasteiger charge is -2.15. The number of nitrogens with zero attached hydrogens (tertiary/aromatic N) is 2. The highest BCUT2D eigenvalue weighted by molar-refractivity contribution is 5.84. The number of nitrogens with one attached hydrogen (secondary N) is 1. The molecule has 3 N–H and O–H groups in total. The van der Waals surface area contributed by atoms with Crippen LogP contribution in [0.25, 0.3) is 0 Å². The summed E-state index contributed by atoms with van der Waals surface area (Å²) in [6.07, 6.45) is -1.97. The molecule has 2 aromatic rings. The molecule has 1 aromatic carbocycles. The van der Waals surface area contributed by atoms with Gasteiger partial charge in [0.15, 0.2) is 0 Å². The summed E-state index contributed by atoms with van der Waals surface area (Å²) < 4.78 is 37.5. The minimum absolute atomic E-state index is 0.284. The second kappa shape index (κ2) is 5.86. The zero-order valence-corrected chi connectivity index (χ0v) is 10.8. The summed E-state index contributed by atoms with van der Waals surface area (Å²) in [6.45, 7) is -1.19. The predicted molar refractivity (Wildman–Crippen MR) is 70.3 cm³/mol. The van der Waals surface area contributed by atoms with Gasteiger partial charge in [-0.05, 0) is 5.56 Å². The zero-order chi connectivity index (χ0) is 15.5. The fourth-order valence-corrected chi connectivity index (χ4v) is 1.84. The van der Waals surface area contributed by atoms with Crippen LogP contribution in [0.5, 0.6) is 0 Å². The molecule has 0 saturated carbocycles. The van der Waals surface area contributed by atoms with Crippen LogP contribution < -0.4 is 11.1 Å². The van der Waals surface area contributed by atoms with Crippen LogP contribution in [0.15, 0.2) is 42.7 Å². The van der Waals surface area contributed by atoms with Crippen LogP contribution in [0.3, 0.4) is 0 Å². The van der Waals surface area contributed by atoms with Crippen molar-refractivity contribution in [2.75, 3.05) is 5.32 Å². The van der Waals surface area contributed by atoms with Gasteiger partial charge in [0.25, 0.3) is 0 Å². The normalized spacial score (nSPS) is 12.9. The van der Waals surface area contributed by atoms with Gasteiger partial charge in [0, 0.05) is 6.20 Å². The van der Waals surface area contributed by atoms with Gasteiger partial charge in [-0.1, -0.05) is 30.3 Å². The van der Waals surface area contributed by atoms with E-state index in [1.807, 2.05) is 0 Å². The van der Waals surface area contributed by atoms with E-state index < -0.39 is 24.7 Å². The van der Waals surface area contributed by atoms with Crippen molar-refractivity contribution < 1.29 is 18.0 Å². The van der Waals surface area contributed by atoms with Gasteiger partial charge in [-0.2, -0.15) is 18.3 Å². The largest absolute Gasteiger partial charge is 0.408 e. The molecule has 0 fully saturated rings. The number of halogens is 3. The first kappa shape index (κ1) is 14.9. The molecular formula is C13H13F3N4O. The van der Waals surface area contributed by atoms with Crippen molar-refractivity contribution in [3.8, 4) is 0 Å². The molecule has 5 nitrogen and oxygen atoms in total. The van der Waals surface area contributed by atoms with Crippen LogP contribution in [0.1, 0.15) is 11.6 Å². The van der Waals surface area contributed by atoms with Gasteiger partial charge in [-0.25, -0.2) is 0 Å². The first-order valence-electron chi connectivity index (χ1n) is 6.05. The molecule has 0 aliphatic rings. The van der Waals surface area contributed by atoms with Crippen LogP contribution in [0.4, 0.5) is 18.9 Å². The maximum Gasteiger partial charge on any atom is 0.408 e. The minimum atomic E-state index is -4.36. The summed E-state index contributed by atoms with van der Waals surface area (Å²) >= 11 is 0. The first-order valence-corrected chi connectivity index (χ1v) is 6.05. The number of primary amides is 1. The van der Waals surface area contributed by atoms with Crippen LogP contribution in [0, 0.1) is 0 Å². The van der Waals surface area contributed by atoms with E-state index in [9.17, 15) is 18.0 Å². The number of rotatable bonds is 5. The molecule has 1 heterocycles. The highest BCUT2D eigenvalue weighted by Gasteiger charge is 2.28. The van der Waals surface area contributed by atoms with Gasteiger partial charge in [0.2, 0.25) is 5.91 Å². The molecule has 8 heteroatoms. The minimum Gasteiger partial charge on any atom is -0.368 e. The van der Waals surface area contributed by atoms with Gasteiger partial charge in [-0.3, -0.25) is 9.48 Å². The standard InChI is InChI=1S/C13H13F3N4O/c14-13(15,16)8-20-7-10(6-18-20)19-11(12(17)21)9-4-2-1-3-5-9/h1-7,11,19H,8H2,(H2,17,21). The third-order valence-corrected chi connectivity index (χ3v) is 2.70. The highest BCUT2D eigenvalue weighted by Crippen LogP contribution is 2.21. The molecule has 1 unspecified atom stereocenters. The summed E-state index contributed by atoms with van der Waals surface area (Å²) in [7, 11) is 0. The molecule has 1 atom stereocenters. The maximum absolute atomic E-state index is 12.3. The van der Waals surface area contributed by atoms with E-state index in [1.165, 1.54) is 12.4 Å². The Bertz CT molecular complexity index is 609. The third kappa shape index (κ3) is 4.23. The van der Waals surface area contributed by atoms with Gasteiger partial charge >= 0.3 is 6.18 Å². The van der Waals surface area contributed by atoms with Gasteiger partial charge in [0.1, 0.15) is 12.6 Å². The van der Waals surface area contributed by atoms with E-state index in [0.717, 1.165) is 4.68 Å². The number of hydrogen-bond acceptors (Lipinski definition) is 3. The smallest absolute Gasteiger partial charge is 0.368 e. The fourth-order valence-electron chi connectivity index (χ4n) is 1.84. The lowest BCUT2D eigenvalue weighted by molar-refractivity contribution is -0.142. The predicted octanol–water partition coefficient (Wildman–Crippen LogP) is 2.08. The molecule has 21 heavy (non-hydrogen) atoms. The Morgan fingerprint density at radius 1 is 1.33 bits per heavy atom. The van der Waals surface area contributed by atoms with Crippen molar-refractivity contribution in [1.82, 2.24) is 9.78 Å².